The molecule has 4 aliphatic rings. The van der Waals surface area contributed by atoms with Gasteiger partial charge in [-0.15, -0.1) is 0 Å². The van der Waals surface area contributed by atoms with Crippen molar-refractivity contribution in [3.05, 3.63) is 27.7 Å². The maximum atomic E-state index is 12.6. The summed E-state index contributed by atoms with van der Waals surface area (Å²) in [5, 5.41) is 8.77. The molecule has 2 aliphatic heterocycles. The first-order valence-corrected chi connectivity index (χ1v) is 11.3. The Labute approximate surface area is 162 Å². The summed E-state index contributed by atoms with van der Waals surface area (Å²) in [5.74, 6) is 0. The molecule has 2 aliphatic carbocycles. The fourth-order valence-electron chi connectivity index (χ4n) is 6.21. The highest BCUT2D eigenvalue weighted by molar-refractivity contribution is 5.20. The lowest BCUT2D eigenvalue weighted by molar-refractivity contribution is 0.135. The standard InChI is InChI=1S/C22H34N4O/c1-25-19-10-11-20(25)14-17(13-19)23-16-6-8-18(9-7-16)26-22(27)12-15-4-2-3-5-21(15)24-26/h12,16-20,23H,2-11,13-14H2,1H3. The average Bonchev–Trinajstić information content (AvgIpc) is 2.89. The van der Waals surface area contributed by atoms with Crippen molar-refractivity contribution >= 4 is 0 Å². The summed E-state index contributed by atoms with van der Waals surface area (Å²) in [6, 6.07) is 5.11. The maximum Gasteiger partial charge on any atom is 0.267 e. The third-order valence-electron chi connectivity index (χ3n) is 7.84. The summed E-state index contributed by atoms with van der Waals surface area (Å²) in [5.41, 5.74) is 2.51. The smallest absolute Gasteiger partial charge is 0.267 e. The van der Waals surface area contributed by atoms with Crippen molar-refractivity contribution in [2.45, 2.75) is 107 Å². The van der Waals surface area contributed by atoms with E-state index in [0.29, 0.717) is 18.1 Å². The van der Waals surface area contributed by atoms with Crippen molar-refractivity contribution in [2.75, 3.05) is 7.05 Å². The Kier molecular flexibility index (Phi) is 4.85. The molecule has 2 saturated heterocycles. The quantitative estimate of drug-likeness (QED) is 0.889. The number of hydrogen-bond donors (Lipinski definition) is 1. The SMILES string of the molecule is CN1C2CCC1CC(NC1CCC(n3nc4c(cc3=O)CCCC4)CC1)C2. The molecular formula is C22H34N4O. The van der Waals surface area contributed by atoms with Gasteiger partial charge < -0.3 is 10.2 Å². The summed E-state index contributed by atoms with van der Waals surface area (Å²) in [6.45, 7) is 0. The molecule has 1 saturated carbocycles. The summed E-state index contributed by atoms with van der Waals surface area (Å²) >= 11 is 0. The summed E-state index contributed by atoms with van der Waals surface area (Å²) in [6.07, 6.45) is 14.4. The Morgan fingerprint density at radius 2 is 1.59 bits per heavy atom. The molecule has 2 bridgehead atoms. The summed E-state index contributed by atoms with van der Waals surface area (Å²) < 4.78 is 1.83. The van der Waals surface area contributed by atoms with Crippen molar-refractivity contribution < 1.29 is 0 Å². The lowest BCUT2D eigenvalue weighted by Gasteiger charge is -2.39. The van der Waals surface area contributed by atoms with Gasteiger partial charge in [0, 0.05) is 30.2 Å². The molecule has 0 radical (unpaired) electrons. The molecule has 2 unspecified atom stereocenters. The molecule has 1 aromatic heterocycles. The van der Waals surface area contributed by atoms with E-state index in [1.54, 1.807) is 0 Å². The Hall–Kier alpha value is -1.20. The first-order chi connectivity index (χ1) is 13.2. The first kappa shape index (κ1) is 17.9. The Balaban J connectivity index is 1.19. The largest absolute Gasteiger partial charge is 0.311 e. The molecule has 148 valence electrons. The van der Waals surface area contributed by atoms with Gasteiger partial charge in [-0.25, -0.2) is 4.68 Å². The van der Waals surface area contributed by atoms with Crippen LogP contribution in [0.15, 0.2) is 10.9 Å². The molecule has 5 rings (SSSR count). The van der Waals surface area contributed by atoms with E-state index >= 15 is 0 Å². The summed E-state index contributed by atoms with van der Waals surface area (Å²) in [4.78, 5) is 15.2. The van der Waals surface area contributed by atoms with Gasteiger partial charge in [-0.05, 0) is 89.7 Å². The van der Waals surface area contributed by atoms with Gasteiger partial charge in [0.1, 0.15) is 0 Å². The third-order valence-corrected chi connectivity index (χ3v) is 7.84. The lowest BCUT2D eigenvalue weighted by Crippen LogP contribution is -2.50. The van der Waals surface area contributed by atoms with Crippen LogP contribution in [0.3, 0.4) is 0 Å². The van der Waals surface area contributed by atoms with Crippen LogP contribution < -0.4 is 10.9 Å². The molecule has 5 nitrogen and oxygen atoms in total. The molecule has 5 heteroatoms. The monoisotopic (exact) mass is 370 g/mol. The molecule has 27 heavy (non-hydrogen) atoms. The Morgan fingerprint density at radius 1 is 0.926 bits per heavy atom. The zero-order valence-electron chi connectivity index (χ0n) is 16.7. The van der Waals surface area contributed by atoms with Crippen LogP contribution in [0.2, 0.25) is 0 Å². The summed E-state index contributed by atoms with van der Waals surface area (Å²) in [7, 11) is 2.31. The highest BCUT2D eigenvalue weighted by Crippen LogP contribution is 2.35. The number of aryl methyl sites for hydroxylation is 2. The van der Waals surface area contributed by atoms with Gasteiger partial charge in [-0.1, -0.05) is 0 Å². The normalized spacial score (nSPS) is 36.6. The minimum Gasteiger partial charge on any atom is -0.311 e. The van der Waals surface area contributed by atoms with Gasteiger partial charge in [0.2, 0.25) is 0 Å². The molecule has 0 amide bonds. The predicted octanol–water partition coefficient (Wildman–Crippen LogP) is 2.82. The minimum atomic E-state index is 0.124. The van der Waals surface area contributed by atoms with Gasteiger partial charge in [0.25, 0.3) is 5.56 Å². The second-order valence-electron chi connectivity index (χ2n) is 9.50. The molecule has 1 N–H and O–H groups in total. The molecule has 1 aromatic rings. The highest BCUT2D eigenvalue weighted by atomic mass is 16.1. The van der Waals surface area contributed by atoms with E-state index in [9.17, 15) is 4.79 Å². The maximum absolute atomic E-state index is 12.6. The fourth-order valence-corrected chi connectivity index (χ4v) is 6.21. The van der Waals surface area contributed by atoms with Crippen LogP contribution in [0.5, 0.6) is 0 Å². The molecule has 3 heterocycles. The van der Waals surface area contributed by atoms with E-state index in [0.717, 1.165) is 37.8 Å². The van der Waals surface area contributed by atoms with Crippen LogP contribution in [0, 0.1) is 0 Å². The number of hydrogen-bond acceptors (Lipinski definition) is 4. The number of rotatable bonds is 3. The van der Waals surface area contributed by atoms with Crippen molar-refractivity contribution in [1.82, 2.24) is 20.0 Å². The van der Waals surface area contributed by atoms with Crippen LogP contribution in [-0.2, 0) is 12.8 Å². The molecular weight excluding hydrogens is 336 g/mol. The number of piperidine rings is 1. The van der Waals surface area contributed by atoms with Crippen LogP contribution >= 0.6 is 0 Å². The van der Waals surface area contributed by atoms with Crippen molar-refractivity contribution in [3.8, 4) is 0 Å². The van der Waals surface area contributed by atoms with E-state index in [2.05, 4.69) is 17.3 Å². The van der Waals surface area contributed by atoms with E-state index in [1.807, 2.05) is 10.7 Å². The van der Waals surface area contributed by atoms with Crippen LogP contribution in [0.4, 0.5) is 0 Å². The van der Waals surface area contributed by atoms with Crippen molar-refractivity contribution in [1.29, 1.82) is 0 Å². The average molecular weight is 371 g/mol. The van der Waals surface area contributed by atoms with E-state index < -0.39 is 0 Å². The zero-order valence-corrected chi connectivity index (χ0v) is 16.7. The number of nitrogens with zero attached hydrogens (tertiary/aromatic N) is 3. The second kappa shape index (κ2) is 7.32. The lowest BCUT2D eigenvalue weighted by atomic mass is 9.89. The second-order valence-corrected chi connectivity index (χ2v) is 9.50. The van der Waals surface area contributed by atoms with Gasteiger partial charge in [-0.3, -0.25) is 4.79 Å². The number of aromatic nitrogens is 2. The third kappa shape index (κ3) is 3.49. The zero-order chi connectivity index (χ0) is 18.4. The van der Waals surface area contributed by atoms with Crippen LogP contribution in [0.25, 0.3) is 0 Å². The van der Waals surface area contributed by atoms with Gasteiger partial charge in [-0.2, -0.15) is 5.10 Å². The highest BCUT2D eigenvalue weighted by Gasteiger charge is 2.39. The molecule has 0 aromatic carbocycles. The number of fused-ring (bicyclic) bond motifs is 3. The van der Waals surface area contributed by atoms with E-state index in [-0.39, 0.29) is 5.56 Å². The Morgan fingerprint density at radius 3 is 2.33 bits per heavy atom. The minimum absolute atomic E-state index is 0.124. The van der Waals surface area contributed by atoms with Crippen molar-refractivity contribution in [2.24, 2.45) is 0 Å². The van der Waals surface area contributed by atoms with Crippen LogP contribution in [-0.4, -0.2) is 45.9 Å². The number of nitrogens with one attached hydrogen (secondary N) is 1. The first-order valence-electron chi connectivity index (χ1n) is 11.3. The van der Waals surface area contributed by atoms with Gasteiger partial charge in [0.05, 0.1) is 11.7 Å². The molecule has 3 fully saturated rings. The molecule has 0 spiro atoms. The van der Waals surface area contributed by atoms with E-state index in [1.165, 1.54) is 62.6 Å². The predicted molar refractivity (Wildman–Crippen MR) is 107 cm³/mol. The van der Waals surface area contributed by atoms with Crippen LogP contribution in [0.1, 0.15) is 81.5 Å². The topological polar surface area (TPSA) is 50.2 Å². The Bertz CT molecular complexity index is 722. The van der Waals surface area contributed by atoms with Crippen molar-refractivity contribution in [3.63, 3.8) is 0 Å². The van der Waals surface area contributed by atoms with E-state index in [4.69, 9.17) is 5.10 Å². The molecule has 2 atom stereocenters. The van der Waals surface area contributed by atoms with Gasteiger partial charge in [0.15, 0.2) is 0 Å². The van der Waals surface area contributed by atoms with Gasteiger partial charge >= 0.3 is 0 Å². The fraction of sp³-hybridized carbons (Fsp3) is 0.818.